The summed E-state index contributed by atoms with van der Waals surface area (Å²) in [5, 5.41) is 5.96. The third kappa shape index (κ3) is 4.76. The highest BCUT2D eigenvalue weighted by Gasteiger charge is 2.29. The zero-order chi connectivity index (χ0) is 16.9. The molecule has 2 rings (SSSR count). The maximum atomic E-state index is 12.7. The Morgan fingerprint density at radius 3 is 2.35 bits per heavy atom. The molecule has 0 spiro atoms. The van der Waals surface area contributed by atoms with Crippen molar-refractivity contribution in [2.75, 3.05) is 31.5 Å². The minimum atomic E-state index is -3.45. The fourth-order valence-corrected chi connectivity index (χ4v) is 4.23. The number of amides is 1. The standard InChI is InChI=1S/C16H25N3O3S/c1-3-17-12-14-8-10-19(11-9-14)23(21,22)16-6-4-15(5-7-16)18-13(2)20/h4-7,14,17H,3,8-12H2,1-2H3,(H,18,20). The number of benzene rings is 1. The van der Waals surface area contributed by atoms with Crippen LogP contribution in [0.4, 0.5) is 5.69 Å². The summed E-state index contributed by atoms with van der Waals surface area (Å²) < 4.78 is 26.9. The fourth-order valence-electron chi connectivity index (χ4n) is 2.76. The highest BCUT2D eigenvalue weighted by Crippen LogP contribution is 2.24. The topological polar surface area (TPSA) is 78.5 Å². The second kappa shape index (κ2) is 7.90. The number of piperidine rings is 1. The zero-order valence-corrected chi connectivity index (χ0v) is 14.5. The molecule has 1 fully saturated rings. The van der Waals surface area contributed by atoms with Gasteiger partial charge in [-0.2, -0.15) is 4.31 Å². The number of hydrogen-bond donors (Lipinski definition) is 2. The van der Waals surface area contributed by atoms with E-state index in [0.29, 0.717) is 24.7 Å². The van der Waals surface area contributed by atoms with Crippen LogP contribution in [0.3, 0.4) is 0 Å². The molecule has 0 aliphatic carbocycles. The van der Waals surface area contributed by atoms with Crippen molar-refractivity contribution in [2.45, 2.75) is 31.6 Å². The van der Waals surface area contributed by atoms with E-state index in [2.05, 4.69) is 17.6 Å². The molecule has 0 radical (unpaired) electrons. The lowest BCUT2D eigenvalue weighted by Crippen LogP contribution is -2.40. The molecule has 23 heavy (non-hydrogen) atoms. The molecule has 7 heteroatoms. The Kier molecular flexibility index (Phi) is 6.15. The summed E-state index contributed by atoms with van der Waals surface area (Å²) in [4.78, 5) is 11.3. The van der Waals surface area contributed by atoms with Gasteiger partial charge < -0.3 is 10.6 Å². The average Bonchev–Trinajstić information content (AvgIpc) is 2.53. The highest BCUT2D eigenvalue weighted by atomic mass is 32.2. The van der Waals surface area contributed by atoms with Crippen LogP contribution in [0.25, 0.3) is 0 Å². The third-order valence-electron chi connectivity index (χ3n) is 4.07. The van der Waals surface area contributed by atoms with Gasteiger partial charge in [-0.15, -0.1) is 0 Å². The number of hydrogen-bond acceptors (Lipinski definition) is 4. The number of rotatable bonds is 6. The Bertz CT molecular complexity index is 620. The van der Waals surface area contributed by atoms with Crippen LogP contribution in [-0.4, -0.2) is 44.8 Å². The van der Waals surface area contributed by atoms with Gasteiger partial charge in [0.2, 0.25) is 15.9 Å². The fraction of sp³-hybridized carbons (Fsp3) is 0.562. The molecule has 0 atom stereocenters. The van der Waals surface area contributed by atoms with Gasteiger partial charge in [-0.25, -0.2) is 8.42 Å². The summed E-state index contributed by atoms with van der Waals surface area (Å²) in [6.45, 7) is 6.51. The molecule has 2 N–H and O–H groups in total. The Morgan fingerprint density at radius 2 is 1.83 bits per heavy atom. The van der Waals surface area contributed by atoms with Crippen LogP contribution in [0.15, 0.2) is 29.2 Å². The first-order chi connectivity index (χ1) is 10.9. The summed E-state index contributed by atoms with van der Waals surface area (Å²) >= 11 is 0. The van der Waals surface area contributed by atoms with E-state index >= 15 is 0 Å². The van der Waals surface area contributed by atoms with Crippen LogP contribution in [0, 0.1) is 5.92 Å². The van der Waals surface area contributed by atoms with Crippen molar-refractivity contribution in [3.63, 3.8) is 0 Å². The molecule has 1 saturated heterocycles. The summed E-state index contributed by atoms with van der Waals surface area (Å²) in [5.74, 6) is 0.368. The number of carbonyl (C=O) groups is 1. The molecule has 1 aromatic carbocycles. The van der Waals surface area contributed by atoms with Crippen LogP contribution >= 0.6 is 0 Å². The van der Waals surface area contributed by atoms with Crippen LogP contribution < -0.4 is 10.6 Å². The van der Waals surface area contributed by atoms with Crippen molar-refractivity contribution in [3.05, 3.63) is 24.3 Å². The van der Waals surface area contributed by atoms with Crippen LogP contribution in [-0.2, 0) is 14.8 Å². The first-order valence-electron chi connectivity index (χ1n) is 8.02. The maximum absolute atomic E-state index is 12.7. The molecule has 6 nitrogen and oxygen atoms in total. The molecule has 1 aliphatic rings. The predicted molar refractivity (Wildman–Crippen MR) is 90.8 cm³/mol. The first kappa shape index (κ1) is 17.9. The van der Waals surface area contributed by atoms with E-state index in [-0.39, 0.29) is 10.8 Å². The molecule has 0 saturated carbocycles. The van der Waals surface area contributed by atoms with Crippen molar-refractivity contribution >= 4 is 21.6 Å². The molecule has 1 heterocycles. The number of sulfonamides is 1. The van der Waals surface area contributed by atoms with Crippen molar-refractivity contribution in [1.29, 1.82) is 0 Å². The average molecular weight is 339 g/mol. The number of nitrogens with one attached hydrogen (secondary N) is 2. The van der Waals surface area contributed by atoms with Crippen LogP contribution in [0.2, 0.25) is 0 Å². The van der Waals surface area contributed by atoms with E-state index in [0.717, 1.165) is 25.9 Å². The molecule has 0 unspecified atom stereocenters. The van der Waals surface area contributed by atoms with Crippen molar-refractivity contribution in [2.24, 2.45) is 5.92 Å². The van der Waals surface area contributed by atoms with Gasteiger partial charge >= 0.3 is 0 Å². The van der Waals surface area contributed by atoms with E-state index in [1.54, 1.807) is 28.6 Å². The van der Waals surface area contributed by atoms with E-state index in [1.807, 2.05) is 0 Å². The van der Waals surface area contributed by atoms with Crippen LogP contribution in [0.1, 0.15) is 26.7 Å². The SMILES string of the molecule is CCNCC1CCN(S(=O)(=O)c2ccc(NC(C)=O)cc2)CC1. The second-order valence-electron chi connectivity index (χ2n) is 5.86. The first-order valence-corrected chi connectivity index (χ1v) is 9.46. The molecule has 0 bridgehead atoms. The van der Waals surface area contributed by atoms with Crippen molar-refractivity contribution < 1.29 is 13.2 Å². The predicted octanol–water partition coefficient (Wildman–Crippen LogP) is 1.66. The number of carbonyl (C=O) groups excluding carboxylic acids is 1. The van der Waals surface area contributed by atoms with Gasteiger partial charge in [-0.3, -0.25) is 4.79 Å². The molecule has 1 amide bonds. The van der Waals surface area contributed by atoms with Crippen LogP contribution in [0.5, 0.6) is 0 Å². The Hall–Kier alpha value is -1.44. The lowest BCUT2D eigenvalue weighted by atomic mass is 9.98. The normalized spacial score (nSPS) is 17.1. The Balaban J connectivity index is 2.00. The van der Waals surface area contributed by atoms with Gasteiger partial charge in [0.15, 0.2) is 0 Å². The molecular weight excluding hydrogens is 314 g/mol. The minimum absolute atomic E-state index is 0.177. The molecule has 1 aliphatic heterocycles. The molecular formula is C16H25N3O3S. The minimum Gasteiger partial charge on any atom is -0.326 e. The molecule has 0 aromatic heterocycles. The summed E-state index contributed by atoms with van der Waals surface area (Å²) in [6.07, 6.45) is 1.77. The van der Waals surface area contributed by atoms with Gasteiger partial charge in [-0.1, -0.05) is 6.92 Å². The van der Waals surface area contributed by atoms with Crippen molar-refractivity contribution in [3.8, 4) is 0 Å². The Morgan fingerprint density at radius 1 is 1.22 bits per heavy atom. The summed E-state index contributed by atoms with van der Waals surface area (Å²) in [6, 6.07) is 6.33. The van der Waals surface area contributed by atoms with E-state index < -0.39 is 10.0 Å². The van der Waals surface area contributed by atoms with Gasteiger partial charge in [-0.05, 0) is 56.1 Å². The van der Waals surface area contributed by atoms with Gasteiger partial charge in [0, 0.05) is 25.7 Å². The van der Waals surface area contributed by atoms with E-state index in [9.17, 15) is 13.2 Å². The molecule has 128 valence electrons. The quantitative estimate of drug-likeness (QED) is 0.826. The largest absolute Gasteiger partial charge is 0.326 e. The smallest absolute Gasteiger partial charge is 0.243 e. The third-order valence-corrected chi connectivity index (χ3v) is 5.98. The van der Waals surface area contributed by atoms with Crippen molar-refractivity contribution in [1.82, 2.24) is 9.62 Å². The molecule has 1 aromatic rings. The van der Waals surface area contributed by atoms with Gasteiger partial charge in [0.25, 0.3) is 0 Å². The van der Waals surface area contributed by atoms with E-state index in [1.165, 1.54) is 6.92 Å². The lowest BCUT2D eigenvalue weighted by Gasteiger charge is -2.31. The van der Waals surface area contributed by atoms with E-state index in [4.69, 9.17) is 0 Å². The monoisotopic (exact) mass is 339 g/mol. The second-order valence-corrected chi connectivity index (χ2v) is 7.80. The lowest BCUT2D eigenvalue weighted by molar-refractivity contribution is -0.114. The highest BCUT2D eigenvalue weighted by molar-refractivity contribution is 7.89. The number of nitrogens with zero attached hydrogens (tertiary/aromatic N) is 1. The maximum Gasteiger partial charge on any atom is 0.243 e. The Labute approximate surface area is 138 Å². The summed E-state index contributed by atoms with van der Waals surface area (Å²) in [5.41, 5.74) is 0.598. The zero-order valence-electron chi connectivity index (χ0n) is 13.7. The summed E-state index contributed by atoms with van der Waals surface area (Å²) in [7, 11) is -3.45. The number of anilines is 1. The van der Waals surface area contributed by atoms with Gasteiger partial charge in [0.1, 0.15) is 0 Å². The van der Waals surface area contributed by atoms with Gasteiger partial charge in [0.05, 0.1) is 4.90 Å².